The normalized spacial score (nSPS) is 18.6. The number of sulfone groups is 2. The van der Waals surface area contributed by atoms with Crippen LogP contribution in [-0.4, -0.2) is 130 Å². The van der Waals surface area contributed by atoms with Gasteiger partial charge in [-0.05, 0) is 166 Å². The molecule has 3 heterocycles. The number of hydrogen-bond donors (Lipinski definition) is 0. The molecule has 78 heavy (non-hydrogen) atoms. The number of hydrogen-bond acceptors (Lipinski definition) is 18. The molecule has 3 aliphatic heterocycles. The Bertz CT molecular complexity index is 2940. The summed E-state index contributed by atoms with van der Waals surface area (Å²) >= 11 is 7.25. The van der Waals surface area contributed by atoms with Crippen LogP contribution in [0, 0.1) is 0 Å². The summed E-state index contributed by atoms with van der Waals surface area (Å²) in [7, 11) is -1.03. The molecule has 3 saturated heterocycles. The van der Waals surface area contributed by atoms with Crippen LogP contribution in [0.2, 0.25) is 0 Å². The van der Waals surface area contributed by atoms with Crippen molar-refractivity contribution in [3.05, 3.63) is 86.2 Å². The largest absolute Gasteiger partial charge is 1.00 e. The zero-order chi connectivity index (χ0) is 59.3. The molecule has 0 N–H and O–H groups in total. The Balaban J connectivity index is 0.000000338. The average Bonchev–Trinajstić information content (AvgIpc) is 3.78. The van der Waals surface area contributed by atoms with Crippen molar-refractivity contribution in [1.29, 1.82) is 0 Å². The minimum Gasteiger partial charge on any atom is -0.768 e. The van der Waals surface area contributed by atoms with Gasteiger partial charge >= 0.3 is 50.7 Å². The summed E-state index contributed by atoms with van der Waals surface area (Å²) in [6, 6.07) is 19.2. The zero-order valence-corrected chi connectivity index (χ0v) is 57.9. The molecule has 4 aromatic carbocycles. The van der Waals surface area contributed by atoms with Gasteiger partial charge in [0.1, 0.15) is 37.7 Å². The van der Waals surface area contributed by atoms with Gasteiger partial charge in [-0.25, -0.2) is 25.3 Å². The Morgan fingerprint density at radius 2 is 0.756 bits per heavy atom. The fraction of sp³-hybridized carbons (Fsp3) is 0.500. The second kappa shape index (κ2) is 28.1. The minimum atomic E-state index is -3.75. The molecule has 0 radical (unpaired) electrons. The van der Waals surface area contributed by atoms with Crippen molar-refractivity contribution in [2.24, 2.45) is 0 Å². The van der Waals surface area contributed by atoms with Crippen LogP contribution in [0.15, 0.2) is 106 Å². The molecule has 18 nitrogen and oxygen atoms in total. The Morgan fingerprint density at radius 1 is 0.474 bits per heavy atom. The van der Waals surface area contributed by atoms with Gasteiger partial charge in [0, 0.05) is 36.6 Å². The van der Waals surface area contributed by atoms with Gasteiger partial charge in [0.05, 0.1) is 66.9 Å². The Hall–Kier alpha value is -1.28. The van der Waals surface area contributed by atoms with Gasteiger partial charge in [0.25, 0.3) is 9.05 Å². The third kappa shape index (κ3) is 19.1. The number of ether oxygens (including phenoxy) is 4. The van der Waals surface area contributed by atoms with Crippen LogP contribution in [0.1, 0.15) is 83.1 Å². The standard InChI is InChI=1S/C14H21BO5S.C12H24B2O4.C8H9BrO3S.C7H6BrClO3S.C7H7BrO3S.Na/c1-13(2)14(3,4)20-15(19-13)10-7-8-11(18-5)12(9-10)21(6,16)17;1-9(2)10(3,4)16-13(15-9)14-17-11(5,6)12(7,8)18-14;1-12-7-4-3-6(9)5-8(7)13(2,10)11;1-12-6-3-2-5(8)4-7(6)13(9,10)11;1-11-6-3-2-5(8)4-7(6)12(9)10;/h7-9H,1-6H3;1-8H3;3-5H,1-2H3;2-4H,1H3;2-4H,1H3,(H,9,10);/q;;;;;+1/p-1. The smallest absolute Gasteiger partial charge is 0.768 e. The van der Waals surface area contributed by atoms with Crippen LogP contribution in [0.25, 0.3) is 0 Å². The van der Waals surface area contributed by atoms with Crippen molar-refractivity contribution >= 4 is 125 Å². The predicted molar refractivity (Wildman–Crippen MR) is 309 cm³/mol. The molecule has 7 rings (SSSR count). The first-order valence-corrected chi connectivity index (χ1v) is 32.6. The minimum absolute atomic E-state index is 0. The first-order chi connectivity index (χ1) is 34.9. The van der Waals surface area contributed by atoms with Gasteiger partial charge in [-0.15, -0.1) is 0 Å². The zero-order valence-electron chi connectivity index (χ0n) is 47.2. The SMILES string of the molecule is CC1(C)OB(B2OC(C)(C)C(C)(C)O2)OC1(C)C.COc1ccc(B2OC(C)(C)C(C)(C)O2)cc1S(C)(=O)=O.COc1ccc(Br)cc1S(=O)(=O)Cl.COc1ccc(Br)cc1S(=O)[O-].COc1ccc(Br)cc1S(C)(=O)=O.[Na+]. The molecular weight excluding hydrogens is 1320 g/mol. The molecule has 0 aliphatic carbocycles. The molecule has 1 unspecified atom stereocenters. The van der Waals surface area contributed by atoms with Gasteiger partial charge in [0.2, 0.25) is 0 Å². The molecule has 428 valence electrons. The summed E-state index contributed by atoms with van der Waals surface area (Å²) in [6.07, 6.45) is 2.30. The molecule has 3 fully saturated rings. The van der Waals surface area contributed by atoms with Crippen LogP contribution >= 0.6 is 58.5 Å². The molecule has 3 aliphatic rings. The van der Waals surface area contributed by atoms with E-state index in [0.717, 1.165) is 12.5 Å². The predicted octanol–water partition coefficient (Wildman–Crippen LogP) is 6.59. The van der Waals surface area contributed by atoms with Crippen LogP contribution in [0.5, 0.6) is 23.0 Å². The summed E-state index contributed by atoms with van der Waals surface area (Å²) in [5.74, 6) is 1.27. The van der Waals surface area contributed by atoms with E-state index >= 15 is 0 Å². The summed E-state index contributed by atoms with van der Waals surface area (Å²) in [6.45, 7) is 24.0. The molecule has 4 aromatic rings. The Labute approximate surface area is 516 Å². The van der Waals surface area contributed by atoms with Gasteiger partial charge < -0.3 is 51.4 Å². The molecule has 0 saturated carbocycles. The number of methoxy groups -OCH3 is 4. The second-order valence-electron chi connectivity index (χ2n) is 20.4. The maximum absolute atomic E-state index is 11.9. The van der Waals surface area contributed by atoms with E-state index in [0.29, 0.717) is 36.1 Å². The molecule has 0 spiro atoms. The second-order valence-corrected chi connectivity index (χ2v) is 30.5. The van der Waals surface area contributed by atoms with Crippen molar-refractivity contribution in [3.8, 4) is 23.0 Å². The van der Waals surface area contributed by atoms with E-state index in [2.05, 4.69) is 47.8 Å². The van der Waals surface area contributed by atoms with E-state index in [1.54, 1.807) is 48.5 Å². The number of benzene rings is 4. The number of halogens is 4. The number of rotatable bonds is 10. The third-order valence-electron chi connectivity index (χ3n) is 13.1. The van der Waals surface area contributed by atoms with E-state index in [9.17, 15) is 34.0 Å². The fourth-order valence-corrected chi connectivity index (χ4v) is 11.5. The molecule has 30 heteroatoms. The van der Waals surface area contributed by atoms with Crippen molar-refractivity contribution < 1.29 is 110 Å². The summed E-state index contributed by atoms with van der Waals surface area (Å²) in [4.78, 5) is 0.458. The van der Waals surface area contributed by atoms with Crippen LogP contribution in [0.3, 0.4) is 0 Å². The first kappa shape index (κ1) is 72.8. The maximum Gasteiger partial charge on any atom is 1.00 e. The van der Waals surface area contributed by atoms with Crippen LogP contribution in [0.4, 0.5) is 0 Å². The van der Waals surface area contributed by atoms with Gasteiger partial charge in [-0.1, -0.05) is 53.9 Å². The van der Waals surface area contributed by atoms with Gasteiger partial charge in [-0.2, -0.15) is 0 Å². The van der Waals surface area contributed by atoms with E-state index in [-0.39, 0.29) is 77.3 Å². The van der Waals surface area contributed by atoms with Crippen molar-refractivity contribution in [3.63, 3.8) is 0 Å². The first-order valence-electron chi connectivity index (χ1n) is 23.1. The average molecular weight is 1390 g/mol. The summed E-state index contributed by atoms with van der Waals surface area (Å²) in [5, 5.41) is 0. The molecule has 0 aromatic heterocycles. The van der Waals surface area contributed by atoms with E-state index in [1.807, 2.05) is 83.1 Å². The summed E-state index contributed by atoms with van der Waals surface area (Å²) < 4.78 is 147. The quantitative estimate of drug-likeness (QED) is 0.0925. The molecule has 0 bridgehead atoms. The van der Waals surface area contributed by atoms with Gasteiger partial charge in [0.15, 0.2) is 19.7 Å². The van der Waals surface area contributed by atoms with Crippen LogP contribution in [-0.2, 0) is 67.7 Å². The van der Waals surface area contributed by atoms with Crippen LogP contribution < -0.4 is 54.0 Å². The van der Waals surface area contributed by atoms with E-state index in [1.165, 1.54) is 52.7 Å². The molecule has 0 amide bonds. The van der Waals surface area contributed by atoms with Gasteiger partial charge in [-0.3, -0.25) is 4.21 Å². The van der Waals surface area contributed by atoms with E-state index < -0.39 is 72.1 Å². The topological polar surface area (TPSA) is 235 Å². The van der Waals surface area contributed by atoms with Crippen molar-refractivity contribution in [2.45, 2.75) is 136 Å². The molecule has 1 atom stereocenters. The fourth-order valence-electron chi connectivity index (χ4n) is 6.67. The monoisotopic (exact) mass is 1390 g/mol. The van der Waals surface area contributed by atoms with Crippen molar-refractivity contribution in [2.75, 3.05) is 41.0 Å². The third-order valence-corrected chi connectivity index (χ3v) is 18.8. The van der Waals surface area contributed by atoms with E-state index in [4.69, 9.17) is 57.6 Å². The molecular formula is C48H66B3Br3ClNaO18S4. The Kier molecular flexibility index (Phi) is 26.2. The van der Waals surface area contributed by atoms with Crippen molar-refractivity contribution in [1.82, 2.24) is 0 Å². The maximum atomic E-state index is 11.9. The summed E-state index contributed by atoms with van der Waals surface area (Å²) in [5.41, 5.74) is -1.72. The Morgan fingerprint density at radius 3 is 1.08 bits per heavy atom.